The van der Waals surface area contributed by atoms with Gasteiger partial charge in [-0.1, -0.05) is 18.5 Å². The van der Waals surface area contributed by atoms with Crippen LogP contribution in [0.1, 0.15) is 12.6 Å². The Hall–Kier alpha value is -4.01. The average Bonchev–Trinajstić information content (AvgIpc) is 3.31. The van der Waals surface area contributed by atoms with E-state index in [0.717, 1.165) is 83.8 Å². The van der Waals surface area contributed by atoms with E-state index in [9.17, 15) is 26.3 Å². The van der Waals surface area contributed by atoms with Crippen molar-refractivity contribution in [3.63, 3.8) is 0 Å². The van der Waals surface area contributed by atoms with Crippen LogP contribution in [0.3, 0.4) is 0 Å². The van der Waals surface area contributed by atoms with Crippen LogP contribution < -0.4 is 4.90 Å². The molecule has 47 heavy (non-hydrogen) atoms. The first-order valence-electron chi connectivity index (χ1n) is 13.6. The third-order valence-electron chi connectivity index (χ3n) is 6.69. The molecule has 0 aromatic carbocycles. The van der Waals surface area contributed by atoms with Crippen LogP contribution in [0.5, 0.6) is 0 Å². The maximum absolute atomic E-state index is 10.6. The number of rotatable bonds is 5. The number of fused-ring (bicyclic) bond motifs is 2. The third kappa shape index (κ3) is 9.08. The zero-order chi connectivity index (χ0) is 34.5. The van der Waals surface area contributed by atoms with Gasteiger partial charge in [-0.25, -0.2) is 29.5 Å². The first kappa shape index (κ1) is 35.8. The van der Waals surface area contributed by atoms with E-state index in [2.05, 4.69) is 36.7 Å². The number of aromatic nitrogens is 6. The Labute approximate surface area is 270 Å². The number of anilines is 1. The highest BCUT2D eigenvalue weighted by molar-refractivity contribution is 7.99. The Morgan fingerprint density at radius 3 is 2.19 bits per heavy atom. The quantitative estimate of drug-likeness (QED) is 0.196. The summed E-state index contributed by atoms with van der Waals surface area (Å²) < 4.78 is 69.0. The molecule has 2 fully saturated rings. The van der Waals surface area contributed by atoms with Crippen LogP contribution in [0, 0.1) is 0 Å². The molecule has 6 heterocycles. The molecule has 0 aliphatic carbocycles. The SMILES string of the molecule is CCc1[nH]c2nc(Sc3cnc4nccnc4c3)nc(N3CC(N4CCOCC4)C3)c2c1Cl.O=C(O)C(F)(F)F.O=C(O)C(F)(F)F. The molecule has 2 aliphatic heterocycles. The number of aryl methyl sites for hydroxylation is 1. The van der Waals surface area contributed by atoms with Gasteiger partial charge in [0.2, 0.25) is 0 Å². The lowest BCUT2D eigenvalue weighted by Crippen LogP contribution is -2.61. The summed E-state index contributed by atoms with van der Waals surface area (Å²) in [6.45, 7) is 7.52. The Balaban J connectivity index is 0.000000301. The predicted octanol–water partition coefficient (Wildman–Crippen LogP) is 4.45. The maximum Gasteiger partial charge on any atom is 0.490 e. The van der Waals surface area contributed by atoms with E-state index < -0.39 is 24.3 Å². The van der Waals surface area contributed by atoms with Crippen LogP contribution in [0.15, 0.2) is 34.7 Å². The summed E-state index contributed by atoms with van der Waals surface area (Å²) in [6.07, 6.45) is -4.27. The molecule has 21 heteroatoms. The summed E-state index contributed by atoms with van der Waals surface area (Å²) in [4.78, 5) is 49.7. The molecular formula is C26H25ClF6N8O5S. The Bertz CT molecular complexity index is 1710. The number of carbonyl (C=O) groups is 2. The number of alkyl halides is 6. The van der Waals surface area contributed by atoms with Crippen molar-refractivity contribution in [3.8, 4) is 0 Å². The van der Waals surface area contributed by atoms with Gasteiger partial charge in [0.1, 0.15) is 17.0 Å². The topological polar surface area (TPSA) is 171 Å². The monoisotopic (exact) mass is 710 g/mol. The molecule has 0 bridgehead atoms. The molecule has 0 atom stereocenters. The lowest BCUT2D eigenvalue weighted by atomic mass is 10.1. The van der Waals surface area contributed by atoms with Crippen molar-refractivity contribution in [2.24, 2.45) is 0 Å². The summed E-state index contributed by atoms with van der Waals surface area (Å²) in [6, 6.07) is 2.48. The minimum atomic E-state index is -5.08. The number of aromatic amines is 1. The second-order valence-electron chi connectivity index (χ2n) is 9.81. The number of halogens is 7. The summed E-state index contributed by atoms with van der Waals surface area (Å²) in [5.74, 6) is -4.62. The molecule has 0 spiro atoms. The summed E-state index contributed by atoms with van der Waals surface area (Å²) in [7, 11) is 0. The first-order valence-corrected chi connectivity index (χ1v) is 14.8. The van der Waals surface area contributed by atoms with Crippen LogP contribution in [0.2, 0.25) is 5.02 Å². The standard InChI is InChI=1S/C22H23ClN8OS.2C2HF3O2/c1-2-15-18(23)17-20(27-15)28-22(33-14-9-16-19(26-10-14)25-4-3-24-16)29-21(17)31-11-13(12-31)30-5-7-32-8-6-30;2*3-2(4,5)1(6)7/h3-4,9-10,13H,2,5-8,11-12H2,1H3,(H,27,28,29);2*(H,6,7). The smallest absolute Gasteiger partial charge is 0.475 e. The molecule has 0 saturated carbocycles. The van der Waals surface area contributed by atoms with Crippen molar-refractivity contribution < 1.29 is 50.9 Å². The minimum Gasteiger partial charge on any atom is -0.475 e. The molecule has 6 rings (SSSR count). The van der Waals surface area contributed by atoms with Gasteiger partial charge in [-0.2, -0.15) is 26.3 Å². The summed E-state index contributed by atoms with van der Waals surface area (Å²) >= 11 is 8.22. The van der Waals surface area contributed by atoms with E-state index in [4.69, 9.17) is 46.1 Å². The van der Waals surface area contributed by atoms with E-state index in [1.54, 1.807) is 18.6 Å². The van der Waals surface area contributed by atoms with Crippen molar-refractivity contribution in [1.82, 2.24) is 34.8 Å². The van der Waals surface area contributed by atoms with Crippen molar-refractivity contribution in [3.05, 3.63) is 35.4 Å². The number of aliphatic carboxylic acids is 2. The van der Waals surface area contributed by atoms with Crippen molar-refractivity contribution in [2.45, 2.75) is 41.8 Å². The molecule has 4 aromatic heterocycles. The molecule has 13 nitrogen and oxygen atoms in total. The van der Waals surface area contributed by atoms with Crippen LogP contribution in [0.4, 0.5) is 32.2 Å². The predicted molar refractivity (Wildman–Crippen MR) is 156 cm³/mol. The minimum absolute atomic E-state index is 0.515. The van der Waals surface area contributed by atoms with Gasteiger partial charge in [0.05, 0.1) is 23.6 Å². The highest BCUT2D eigenvalue weighted by Crippen LogP contribution is 2.38. The number of carboxylic acids is 2. The van der Waals surface area contributed by atoms with Crippen molar-refractivity contribution in [1.29, 1.82) is 0 Å². The van der Waals surface area contributed by atoms with Gasteiger partial charge in [-0.05, 0) is 24.2 Å². The average molecular weight is 711 g/mol. The second kappa shape index (κ2) is 14.8. The maximum atomic E-state index is 10.6. The number of nitrogens with one attached hydrogen (secondary N) is 1. The van der Waals surface area contributed by atoms with E-state index in [1.165, 1.54) is 11.8 Å². The molecule has 2 saturated heterocycles. The Morgan fingerprint density at radius 2 is 1.62 bits per heavy atom. The Kier molecular flexibility index (Phi) is 11.3. The lowest BCUT2D eigenvalue weighted by molar-refractivity contribution is -0.193. The molecule has 254 valence electrons. The van der Waals surface area contributed by atoms with E-state index in [-0.39, 0.29) is 0 Å². The van der Waals surface area contributed by atoms with Crippen LogP contribution in [-0.4, -0.2) is 115 Å². The van der Waals surface area contributed by atoms with E-state index in [1.807, 2.05) is 6.07 Å². The van der Waals surface area contributed by atoms with Gasteiger partial charge in [0.25, 0.3) is 0 Å². The molecule has 0 unspecified atom stereocenters. The van der Waals surface area contributed by atoms with Gasteiger partial charge < -0.3 is 24.8 Å². The summed E-state index contributed by atoms with van der Waals surface area (Å²) in [5, 5.41) is 16.5. The van der Waals surface area contributed by atoms with Crippen LogP contribution >= 0.6 is 23.4 Å². The van der Waals surface area contributed by atoms with Gasteiger partial charge in [0.15, 0.2) is 10.8 Å². The Morgan fingerprint density at radius 1 is 1.02 bits per heavy atom. The summed E-state index contributed by atoms with van der Waals surface area (Å²) in [5.41, 5.74) is 3.12. The number of H-pyrrole nitrogens is 1. The van der Waals surface area contributed by atoms with Crippen LogP contribution in [0.25, 0.3) is 22.2 Å². The normalized spacial score (nSPS) is 15.8. The number of nitrogens with zero attached hydrogens (tertiary/aromatic N) is 7. The molecule has 2 aliphatic rings. The van der Waals surface area contributed by atoms with Crippen LogP contribution in [-0.2, 0) is 20.7 Å². The highest BCUT2D eigenvalue weighted by atomic mass is 35.5. The van der Waals surface area contributed by atoms with Gasteiger partial charge in [0, 0.05) is 61.4 Å². The van der Waals surface area contributed by atoms with E-state index >= 15 is 0 Å². The van der Waals surface area contributed by atoms with Crippen molar-refractivity contribution in [2.75, 3.05) is 44.3 Å². The number of morpholine rings is 1. The zero-order valence-electron chi connectivity index (χ0n) is 24.1. The first-order chi connectivity index (χ1) is 22.1. The lowest BCUT2D eigenvalue weighted by Gasteiger charge is -2.47. The molecular weight excluding hydrogens is 686 g/mol. The number of ether oxygens (including phenoxy) is 1. The molecule has 3 N–H and O–H groups in total. The fraction of sp³-hybridized carbons (Fsp3) is 0.423. The van der Waals surface area contributed by atoms with Gasteiger partial charge in [-0.15, -0.1) is 0 Å². The zero-order valence-corrected chi connectivity index (χ0v) is 25.7. The molecule has 0 radical (unpaired) electrons. The van der Waals surface area contributed by atoms with E-state index in [0.29, 0.717) is 16.8 Å². The molecule has 4 aromatic rings. The highest BCUT2D eigenvalue weighted by Gasteiger charge is 2.39. The van der Waals surface area contributed by atoms with Gasteiger partial charge >= 0.3 is 24.3 Å². The fourth-order valence-corrected chi connectivity index (χ4v) is 5.50. The second-order valence-corrected chi connectivity index (χ2v) is 11.2. The fourth-order valence-electron chi connectivity index (χ4n) is 4.39. The number of carboxylic acid groups (broad SMARTS) is 2. The number of pyridine rings is 1. The third-order valence-corrected chi connectivity index (χ3v) is 7.94. The largest absolute Gasteiger partial charge is 0.490 e. The van der Waals surface area contributed by atoms with Crippen molar-refractivity contribution >= 4 is 63.3 Å². The van der Waals surface area contributed by atoms with Gasteiger partial charge in [-0.3, -0.25) is 9.88 Å². The number of hydrogen-bond acceptors (Lipinski definition) is 11. The molecule has 0 amide bonds. The number of hydrogen-bond donors (Lipinski definition) is 3.